The second kappa shape index (κ2) is 4.35. The zero-order valence-electron chi connectivity index (χ0n) is 10.5. The Morgan fingerprint density at radius 3 is 2.94 bits per heavy atom. The first-order chi connectivity index (χ1) is 8.05. The van der Waals surface area contributed by atoms with Crippen LogP contribution in [0.3, 0.4) is 0 Å². The third kappa shape index (κ3) is 2.12. The molecule has 0 saturated heterocycles. The van der Waals surface area contributed by atoms with Crippen LogP contribution in [0.1, 0.15) is 31.7 Å². The van der Waals surface area contributed by atoms with Gasteiger partial charge in [0.1, 0.15) is 5.41 Å². The van der Waals surface area contributed by atoms with Gasteiger partial charge in [-0.2, -0.15) is 0 Å². The number of hydrogen-bond donors (Lipinski definition) is 1. The van der Waals surface area contributed by atoms with Crippen LogP contribution in [0.15, 0.2) is 12.1 Å². The van der Waals surface area contributed by atoms with Crippen molar-refractivity contribution in [1.29, 1.82) is 0 Å². The second-order valence-electron chi connectivity index (χ2n) is 4.84. The summed E-state index contributed by atoms with van der Waals surface area (Å²) in [6.45, 7) is 4.67. The normalized spacial score (nSPS) is 14.8. The summed E-state index contributed by atoms with van der Waals surface area (Å²) in [6, 6.07) is 3.90. The summed E-state index contributed by atoms with van der Waals surface area (Å²) >= 11 is 0. The zero-order valence-corrected chi connectivity index (χ0v) is 10.5. The number of carbonyl (C=O) groups is 1. The molecule has 1 aliphatic rings. The van der Waals surface area contributed by atoms with Gasteiger partial charge in [0.15, 0.2) is 0 Å². The van der Waals surface area contributed by atoms with E-state index in [1.165, 1.54) is 7.11 Å². The van der Waals surface area contributed by atoms with Crippen LogP contribution in [0.4, 0.5) is 5.69 Å². The molecule has 2 heterocycles. The molecule has 1 aromatic heterocycles. The number of nitrogens with one attached hydrogen (secondary N) is 1. The molecule has 0 unspecified atom stereocenters. The lowest BCUT2D eigenvalue weighted by atomic mass is 9.88. The molecule has 0 amide bonds. The topological polar surface area (TPSA) is 51.2 Å². The van der Waals surface area contributed by atoms with Crippen molar-refractivity contribution in [3.8, 4) is 0 Å². The van der Waals surface area contributed by atoms with E-state index in [4.69, 9.17) is 4.74 Å². The highest BCUT2D eigenvalue weighted by Gasteiger charge is 2.33. The van der Waals surface area contributed by atoms with Gasteiger partial charge in [-0.1, -0.05) is 0 Å². The Morgan fingerprint density at radius 1 is 1.47 bits per heavy atom. The summed E-state index contributed by atoms with van der Waals surface area (Å²) in [6.07, 6.45) is 2.05. The molecule has 0 saturated carbocycles. The van der Waals surface area contributed by atoms with Gasteiger partial charge in [0, 0.05) is 6.54 Å². The van der Waals surface area contributed by atoms with Gasteiger partial charge < -0.3 is 10.1 Å². The van der Waals surface area contributed by atoms with Gasteiger partial charge in [0.2, 0.25) is 0 Å². The van der Waals surface area contributed by atoms with E-state index in [1.807, 2.05) is 26.0 Å². The number of rotatable bonds is 2. The number of anilines is 1. The molecule has 1 N–H and O–H groups in total. The Morgan fingerprint density at radius 2 is 2.24 bits per heavy atom. The Balaban J connectivity index is 2.36. The number of fused-ring (bicyclic) bond motifs is 1. The SMILES string of the molecule is COC(=O)C(C)(C)c1ccc2c(n1)CCCN2. The summed E-state index contributed by atoms with van der Waals surface area (Å²) in [5, 5.41) is 3.31. The van der Waals surface area contributed by atoms with Gasteiger partial charge >= 0.3 is 5.97 Å². The minimum absolute atomic E-state index is 0.256. The van der Waals surface area contributed by atoms with Gasteiger partial charge in [-0.15, -0.1) is 0 Å². The van der Waals surface area contributed by atoms with Crippen molar-refractivity contribution in [3.63, 3.8) is 0 Å². The minimum Gasteiger partial charge on any atom is -0.468 e. The van der Waals surface area contributed by atoms with Crippen LogP contribution in [0, 0.1) is 0 Å². The molecule has 0 aromatic carbocycles. The largest absolute Gasteiger partial charge is 0.468 e. The number of ether oxygens (including phenoxy) is 1. The smallest absolute Gasteiger partial charge is 0.317 e. The number of pyridine rings is 1. The average Bonchev–Trinajstić information content (AvgIpc) is 2.37. The number of aromatic nitrogens is 1. The van der Waals surface area contributed by atoms with Gasteiger partial charge in [-0.25, -0.2) is 0 Å². The number of aryl methyl sites for hydroxylation is 1. The quantitative estimate of drug-likeness (QED) is 0.794. The summed E-state index contributed by atoms with van der Waals surface area (Å²) < 4.78 is 4.82. The van der Waals surface area contributed by atoms with Gasteiger partial charge in [0.25, 0.3) is 0 Å². The van der Waals surface area contributed by atoms with Crippen molar-refractivity contribution in [2.75, 3.05) is 19.0 Å². The van der Waals surface area contributed by atoms with Crippen LogP contribution in [0.25, 0.3) is 0 Å². The molecule has 1 aromatic rings. The molecule has 0 spiro atoms. The number of methoxy groups -OCH3 is 1. The van der Waals surface area contributed by atoms with Crippen molar-refractivity contribution < 1.29 is 9.53 Å². The predicted octanol–water partition coefficient (Wildman–Crippen LogP) is 1.89. The van der Waals surface area contributed by atoms with Crippen LogP contribution < -0.4 is 5.32 Å². The van der Waals surface area contributed by atoms with E-state index < -0.39 is 5.41 Å². The molecule has 2 rings (SSSR count). The average molecular weight is 234 g/mol. The molecular formula is C13H18N2O2. The van der Waals surface area contributed by atoms with Crippen molar-refractivity contribution in [1.82, 2.24) is 4.98 Å². The molecule has 0 aliphatic carbocycles. The van der Waals surface area contributed by atoms with E-state index in [-0.39, 0.29) is 5.97 Å². The third-order valence-electron chi connectivity index (χ3n) is 3.22. The summed E-state index contributed by atoms with van der Waals surface area (Å²) in [4.78, 5) is 16.3. The molecular weight excluding hydrogens is 216 g/mol. The molecule has 17 heavy (non-hydrogen) atoms. The first-order valence-electron chi connectivity index (χ1n) is 5.88. The molecule has 0 fully saturated rings. The standard InChI is InChI=1S/C13H18N2O2/c1-13(2,12(16)17-3)11-7-6-9-10(15-11)5-4-8-14-9/h6-7,14H,4-5,8H2,1-3H3. The van der Waals surface area contributed by atoms with E-state index in [9.17, 15) is 4.79 Å². The molecule has 4 heteroatoms. The van der Waals surface area contributed by atoms with Crippen LogP contribution >= 0.6 is 0 Å². The highest BCUT2D eigenvalue weighted by Crippen LogP contribution is 2.27. The lowest BCUT2D eigenvalue weighted by Gasteiger charge is -2.24. The number of carbonyl (C=O) groups excluding carboxylic acids is 1. The van der Waals surface area contributed by atoms with Crippen LogP contribution in [0.2, 0.25) is 0 Å². The monoisotopic (exact) mass is 234 g/mol. The number of nitrogens with zero attached hydrogens (tertiary/aromatic N) is 1. The Bertz CT molecular complexity index is 441. The first kappa shape index (κ1) is 11.9. The molecule has 0 radical (unpaired) electrons. The number of hydrogen-bond acceptors (Lipinski definition) is 4. The van der Waals surface area contributed by atoms with Gasteiger partial charge in [0.05, 0.1) is 24.2 Å². The van der Waals surface area contributed by atoms with Crippen LogP contribution in [-0.4, -0.2) is 24.6 Å². The summed E-state index contributed by atoms with van der Waals surface area (Å²) in [5.74, 6) is -0.256. The van der Waals surface area contributed by atoms with E-state index in [2.05, 4.69) is 10.3 Å². The maximum Gasteiger partial charge on any atom is 0.317 e. The van der Waals surface area contributed by atoms with Crippen molar-refractivity contribution in [2.24, 2.45) is 0 Å². The summed E-state index contributed by atoms with van der Waals surface area (Å²) in [7, 11) is 1.41. The van der Waals surface area contributed by atoms with E-state index in [1.54, 1.807) is 0 Å². The Hall–Kier alpha value is -1.58. The molecule has 1 aliphatic heterocycles. The van der Waals surface area contributed by atoms with Crippen LogP contribution in [0.5, 0.6) is 0 Å². The third-order valence-corrected chi connectivity index (χ3v) is 3.22. The van der Waals surface area contributed by atoms with Crippen molar-refractivity contribution in [2.45, 2.75) is 32.1 Å². The maximum absolute atomic E-state index is 11.7. The Labute approximate surface area is 101 Å². The first-order valence-corrected chi connectivity index (χ1v) is 5.88. The van der Waals surface area contributed by atoms with E-state index >= 15 is 0 Å². The van der Waals surface area contributed by atoms with E-state index in [0.717, 1.165) is 36.5 Å². The zero-order chi connectivity index (χ0) is 12.5. The maximum atomic E-state index is 11.7. The molecule has 4 nitrogen and oxygen atoms in total. The number of esters is 1. The summed E-state index contributed by atoms with van der Waals surface area (Å²) in [5.41, 5.74) is 2.21. The van der Waals surface area contributed by atoms with Crippen LogP contribution in [-0.2, 0) is 21.4 Å². The fourth-order valence-corrected chi connectivity index (χ4v) is 2.04. The molecule has 0 atom stereocenters. The highest BCUT2D eigenvalue weighted by molar-refractivity contribution is 5.81. The predicted molar refractivity (Wildman–Crippen MR) is 66.1 cm³/mol. The second-order valence-corrected chi connectivity index (χ2v) is 4.84. The van der Waals surface area contributed by atoms with Crippen molar-refractivity contribution >= 4 is 11.7 Å². The Kier molecular flexibility index (Phi) is 3.05. The minimum atomic E-state index is -0.693. The highest BCUT2D eigenvalue weighted by atomic mass is 16.5. The fraction of sp³-hybridized carbons (Fsp3) is 0.538. The van der Waals surface area contributed by atoms with Crippen molar-refractivity contribution in [3.05, 3.63) is 23.5 Å². The lowest BCUT2D eigenvalue weighted by molar-refractivity contribution is -0.146. The van der Waals surface area contributed by atoms with Gasteiger partial charge in [-0.3, -0.25) is 9.78 Å². The molecule has 92 valence electrons. The van der Waals surface area contributed by atoms with E-state index in [0.29, 0.717) is 0 Å². The lowest BCUT2D eigenvalue weighted by Crippen LogP contribution is -2.32. The van der Waals surface area contributed by atoms with Gasteiger partial charge in [-0.05, 0) is 38.8 Å². The molecule has 0 bridgehead atoms. The fourth-order valence-electron chi connectivity index (χ4n) is 2.04.